The molecule has 7 nitrogen and oxygen atoms in total. The summed E-state index contributed by atoms with van der Waals surface area (Å²) >= 11 is 13.1. The van der Waals surface area contributed by atoms with Crippen molar-refractivity contribution in [2.24, 2.45) is 0 Å². The Kier molecular flexibility index (Phi) is 6.74. The number of pyridine rings is 1. The minimum Gasteiger partial charge on any atom is -0.480 e. The first kappa shape index (κ1) is 24.6. The topological polar surface area (TPSA) is 86.4 Å². The molecule has 186 valence electrons. The van der Waals surface area contributed by atoms with Crippen molar-refractivity contribution in [3.8, 4) is 28.4 Å². The molecule has 0 saturated carbocycles. The number of aliphatic carboxylic acids is 1. The molecule has 3 aromatic carbocycles. The van der Waals surface area contributed by atoms with Crippen molar-refractivity contribution in [3.63, 3.8) is 0 Å². The molecule has 5 rings (SSSR count). The highest BCUT2D eigenvalue weighted by Gasteiger charge is 2.22. The Balaban J connectivity index is 1.79. The smallest absolute Gasteiger partial charge is 0.341 e. The van der Waals surface area contributed by atoms with Gasteiger partial charge in [0.05, 0.1) is 27.5 Å². The van der Waals surface area contributed by atoms with E-state index in [2.05, 4.69) is 0 Å². The molecule has 0 aliphatic rings. The van der Waals surface area contributed by atoms with E-state index in [-0.39, 0.29) is 21.4 Å². The summed E-state index contributed by atoms with van der Waals surface area (Å²) in [6, 6.07) is 24.0. The number of benzene rings is 3. The van der Waals surface area contributed by atoms with E-state index in [0.29, 0.717) is 34.4 Å². The normalized spacial score (nSPS) is 11.1. The number of para-hydroxylation sites is 2. The minimum atomic E-state index is -1.13. The maximum Gasteiger partial charge on any atom is 0.341 e. The number of ether oxygens (including phenoxy) is 1. The van der Waals surface area contributed by atoms with Crippen molar-refractivity contribution in [3.05, 3.63) is 105 Å². The van der Waals surface area contributed by atoms with E-state index in [1.54, 1.807) is 21.5 Å². The predicted molar refractivity (Wildman–Crippen MR) is 145 cm³/mol. The molecule has 0 amide bonds. The Morgan fingerprint density at radius 2 is 1.54 bits per heavy atom. The molecule has 0 radical (unpaired) electrons. The number of carboxylic acid groups (broad SMARTS) is 1. The predicted octanol–water partition coefficient (Wildman–Crippen LogP) is 6.18. The third-order valence-corrected chi connectivity index (χ3v) is 6.80. The highest BCUT2D eigenvalue weighted by atomic mass is 35.5. The summed E-state index contributed by atoms with van der Waals surface area (Å²) in [4.78, 5) is 29.6. The summed E-state index contributed by atoms with van der Waals surface area (Å²) in [7, 11) is 0. The summed E-state index contributed by atoms with van der Waals surface area (Å²) in [5.41, 5.74) is 3.67. The summed E-state index contributed by atoms with van der Waals surface area (Å²) in [5.74, 6) is -0.966. The first-order chi connectivity index (χ1) is 17.9. The van der Waals surface area contributed by atoms with Crippen LogP contribution in [0, 0.1) is 0 Å². The van der Waals surface area contributed by atoms with E-state index in [4.69, 9.17) is 38.0 Å². The van der Waals surface area contributed by atoms with E-state index in [9.17, 15) is 9.59 Å². The highest BCUT2D eigenvalue weighted by molar-refractivity contribution is 6.44. The van der Waals surface area contributed by atoms with E-state index >= 15 is 0 Å². The fourth-order valence-corrected chi connectivity index (χ4v) is 4.71. The zero-order chi connectivity index (χ0) is 26.1. The lowest BCUT2D eigenvalue weighted by Gasteiger charge is -2.15. The minimum absolute atomic E-state index is 0.0895. The number of carboxylic acids is 1. The first-order valence-electron chi connectivity index (χ1n) is 11.5. The largest absolute Gasteiger partial charge is 0.480 e. The van der Waals surface area contributed by atoms with Crippen LogP contribution < -0.4 is 10.3 Å². The van der Waals surface area contributed by atoms with Gasteiger partial charge in [0.25, 0.3) is 5.56 Å². The van der Waals surface area contributed by atoms with Crippen molar-refractivity contribution in [1.82, 2.24) is 14.3 Å². The highest BCUT2D eigenvalue weighted by Crippen LogP contribution is 2.40. The molecule has 1 N–H and O–H groups in total. The maximum absolute atomic E-state index is 13.7. The summed E-state index contributed by atoms with van der Waals surface area (Å²) in [6.45, 7) is 1.42. The van der Waals surface area contributed by atoms with Gasteiger partial charge in [0.1, 0.15) is 10.8 Å². The number of carbonyl (C=O) groups is 1. The molecule has 0 saturated heterocycles. The van der Waals surface area contributed by atoms with Crippen molar-refractivity contribution in [2.45, 2.75) is 13.3 Å². The van der Waals surface area contributed by atoms with Gasteiger partial charge in [-0.1, -0.05) is 66.5 Å². The summed E-state index contributed by atoms with van der Waals surface area (Å²) in [5, 5.41) is 9.66. The second-order valence-electron chi connectivity index (χ2n) is 8.24. The van der Waals surface area contributed by atoms with Crippen LogP contribution in [-0.4, -0.2) is 32.0 Å². The third-order valence-electron chi connectivity index (χ3n) is 5.94. The van der Waals surface area contributed by atoms with Crippen molar-refractivity contribution in [1.29, 1.82) is 0 Å². The van der Waals surface area contributed by atoms with Crippen LogP contribution in [-0.2, 0) is 11.2 Å². The number of hydrogen-bond donors (Lipinski definition) is 1. The van der Waals surface area contributed by atoms with Gasteiger partial charge in [0.15, 0.2) is 12.3 Å². The molecule has 2 aromatic heterocycles. The van der Waals surface area contributed by atoms with Crippen LogP contribution in [0.5, 0.6) is 5.75 Å². The number of fused-ring (bicyclic) bond motifs is 1. The van der Waals surface area contributed by atoms with E-state index in [0.717, 1.165) is 11.3 Å². The van der Waals surface area contributed by atoms with Crippen LogP contribution in [0.1, 0.15) is 12.5 Å². The molecule has 9 heteroatoms. The van der Waals surface area contributed by atoms with Crippen LogP contribution >= 0.6 is 23.2 Å². The average molecular weight is 534 g/mol. The van der Waals surface area contributed by atoms with Gasteiger partial charge in [-0.15, -0.1) is 0 Å². The first-order valence-corrected chi connectivity index (χ1v) is 12.3. The van der Waals surface area contributed by atoms with Gasteiger partial charge >= 0.3 is 5.97 Å². The Bertz CT molecular complexity index is 1680. The van der Waals surface area contributed by atoms with Gasteiger partial charge in [-0.05, 0) is 54.4 Å². The Hall–Kier alpha value is -4.07. The SMILES string of the molecule is CCc1cc2c(=O)n(-c3ccccc3)n(-c3ccccc3)c2nc1-c1ccc(OCC(=O)O)c(Cl)c1Cl. The van der Waals surface area contributed by atoms with Crippen molar-refractivity contribution < 1.29 is 14.6 Å². The zero-order valence-corrected chi connectivity index (χ0v) is 21.2. The number of aromatic nitrogens is 3. The quantitative estimate of drug-likeness (QED) is 0.270. The van der Waals surface area contributed by atoms with E-state index in [1.165, 1.54) is 0 Å². The second kappa shape index (κ2) is 10.1. The Morgan fingerprint density at radius 3 is 2.14 bits per heavy atom. The van der Waals surface area contributed by atoms with Crippen LogP contribution in [0.3, 0.4) is 0 Å². The van der Waals surface area contributed by atoms with Crippen molar-refractivity contribution in [2.75, 3.05) is 6.61 Å². The molecule has 2 heterocycles. The van der Waals surface area contributed by atoms with Gasteiger partial charge < -0.3 is 9.84 Å². The Morgan fingerprint density at radius 1 is 0.919 bits per heavy atom. The van der Waals surface area contributed by atoms with Crippen LogP contribution in [0.2, 0.25) is 10.0 Å². The lowest BCUT2D eigenvalue weighted by molar-refractivity contribution is -0.139. The van der Waals surface area contributed by atoms with Gasteiger partial charge in [-0.25, -0.2) is 19.1 Å². The van der Waals surface area contributed by atoms with Gasteiger partial charge in [0, 0.05) is 5.56 Å². The molecule has 0 fully saturated rings. The van der Waals surface area contributed by atoms with Gasteiger partial charge in [-0.3, -0.25) is 4.79 Å². The average Bonchev–Trinajstić information content (AvgIpc) is 3.21. The van der Waals surface area contributed by atoms with Crippen LogP contribution in [0.15, 0.2) is 83.7 Å². The number of halogens is 2. The number of aryl methyl sites for hydroxylation is 1. The Labute approximate surface area is 222 Å². The molecule has 5 aromatic rings. The van der Waals surface area contributed by atoms with Crippen LogP contribution in [0.4, 0.5) is 0 Å². The van der Waals surface area contributed by atoms with Crippen molar-refractivity contribution >= 4 is 40.2 Å². The molecular weight excluding hydrogens is 513 g/mol. The zero-order valence-electron chi connectivity index (χ0n) is 19.7. The van der Waals surface area contributed by atoms with Gasteiger partial charge in [0.2, 0.25) is 0 Å². The van der Waals surface area contributed by atoms with E-state index in [1.807, 2.05) is 73.7 Å². The summed E-state index contributed by atoms with van der Waals surface area (Å²) < 4.78 is 8.65. The van der Waals surface area contributed by atoms with E-state index < -0.39 is 12.6 Å². The molecule has 0 aliphatic heterocycles. The molecule has 0 aliphatic carbocycles. The fraction of sp³-hybridized carbons (Fsp3) is 0.107. The monoisotopic (exact) mass is 533 g/mol. The van der Waals surface area contributed by atoms with Gasteiger partial charge in [-0.2, -0.15) is 0 Å². The molecule has 0 spiro atoms. The number of nitrogens with zero attached hydrogens (tertiary/aromatic N) is 3. The lowest BCUT2D eigenvalue weighted by atomic mass is 10.0. The second-order valence-corrected chi connectivity index (χ2v) is 9.00. The maximum atomic E-state index is 13.7. The molecule has 0 bridgehead atoms. The summed E-state index contributed by atoms with van der Waals surface area (Å²) in [6.07, 6.45) is 0.588. The molecule has 37 heavy (non-hydrogen) atoms. The number of rotatable bonds is 7. The van der Waals surface area contributed by atoms with Crippen LogP contribution in [0.25, 0.3) is 33.7 Å². The number of hydrogen-bond acceptors (Lipinski definition) is 4. The molecule has 0 unspecified atom stereocenters. The third kappa shape index (κ3) is 4.48. The molecule has 0 atom stereocenters. The standard InChI is InChI=1S/C28H21Cl2N3O4/c1-2-17-15-21-27(31-26(17)20-13-14-22(25(30)24(20)29)37-16-23(34)35)32(18-9-5-3-6-10-18)33(28(21)36)19-11-7-4-8-12-19/h3-15H,2,16H2,1H3,(H,34,35). The lowest BCUT2D eigenvalue weighted by Crippen LogP contribution is -2.20. The fourth-order valence-electron chi connectivity index (χ4n) is 4.24. The molecular formula is C28H21Cl2N3O4.